The fourth-order valence-corrected chi connectivity index (χ4v) is 2.70. The quantitative estimate of drug-likeness (QED) is 0.440. The van der Waals surface area contributed by atoms with E-state index in [0.29, 0.717) is 34.7 Å². The Morgan fingerprint density at radius 2 is 1.67 bits per heavy atom. The maximum atomic E-state index is 13.0. The lowest BCUT2D eigenvalue weighted by atomic mass is 10.1. The van der Waals surface area contributed by atoms with Crippen LogP contribution < -0.4 is 4.74 Å². The van der Waals surface area contributed by atoms with Crippen LogP contribution in [0.2, 0.25) is 5.02 Å². The lowest BCUT2D eigenvalue weighted by molar-refractivity contribution is 0.306. The zero-order chi connectivity index (χ0) is 18.6. The van der Waals surface area contributed by atoms with Crippen molar-refractivity contribution >= 4 is 11.6 Å². The van der Waals surface area contributed by atoms with Gasteiger partial charge < -0.3 is 9.26 Å². The fraction of sp³-hybridized carbons (Fsp3) is 0.0476. The second-order valence-electron chi connectivity index (χ2n) is 5.87. The highest BCUT2D eigenvalue weighted by molar-refractivity contribution is 6.30. The minimum absolute atomic E-state index is 0.307. The van der Waals surface area contributed by atoms with E-state index < -0.39 is 0 Å². The Kier molecular flexibility index (Phi) is 4.85. The molecule has 0 amide bonds. The SMILES string of the molecule is Fc1ccc(-c2noc(-c3ccc(COc4cccc(Cl)c4)cc3)n2)cc1. The monoisotopic (exact) mass is 380 g/mol. The van der Waals surface area contributed by atoms with Crippen LogP contribution in [0.4, 0.5) is 4.39 Å². The molecule has 27 heavy (non-hydrogen) atoms. The summed E-state index contributed by atoms with van der Waals surface area (Å²) >= 11 is 5.95. The van der Waals surface area contributed by atoms with Crippen molar-refractivity contribution in [2.45, 2.75) is 6.61 Å². The molecule has 4 aromatic rings. The van der Waals surface area contributed by atoms with E-state index in [1.807, 2.05) is 36.4 Å². The van der Waals surface area contributed by atoms with Gasteiger partial charge in [-0.15, -0.1) is 0 Å². The Bertz CT molecular complexity index is 1050. The van der Waals surface area contributed by atoms with Crippen LogP contribution in [-0.4, -0.2) is 10.1 Å². The predicted octanol–water partition coefficient (Wildman–Crippen LogP) is 5.78. The molecular formula is C21H14ClFN2O2. The first-order valence-corrected chi connectivity index (χ1v) is 8.62. The molecule has 0 bridgehead atoms. The molecule has 0 unspecified atom stereocenters. The van der Waals surface area contributed by atoms with Gasteiger partial charge in [0.1, 0.15) is 18.2 Å². The van der Waals surface area contributed by atoms with E-state index in [2.05, 4.69) is 10.1 Å². The number of hydrogen-bond donors (Lipinski definition) is 0. The molecule has 6 heteroatoms. The average molecular weight is 381 g/mol. The van der Waals surface area contributed by atoms with Crippen LogP contribution in [0, 0.1) is 5.82 Å². The topological polar surface area (TPSA) is 48.2 Å². The van der Waals surface area contributed by atoms with Gasteiger partial charge in [-0.2, -0.15) is 4.98 Å². The molecule has 0 aliphatic carbocycles. The van der Waals surface area contributed by atoms with Gasteiger partial charge in [0.2, 0.25) is 5.82 Å². The van der Waals surface area contributed by atoms with E-state index in [9.17, 15) is 4.39 Å². The zero-order valence-corrected chi connectivity index (χ0v) is 14.9. The summed E-state index contributed by atoms with van der Waals surface area (Å²) in [5.74, 6) is 1.22. The number of ether oxygens (including phenoxy) is 1. The van der Waals surface area contributed by atoms with Crippen LogP contribution in [0.1, 0.15) is 5.56 Å². The average Bonchev–Trinajstić information content (AvgIpc) is 3.18. The van der Waals surface area contributed by atoms with Crippen LogP contribution in [0.15, 0.2) is 77.3 Å². The van der Waals surface area contributed by atoms with Crippen molar-refractivity contribution in [2.24, 2.45) is 0 Å². The molecule has 0 saturated heterocycles. The lowest BCUT2D eigenvalue weighted by Crippen LogP contribution is -1.95. The van der Waals surface area contributed by atoms with Gasteiger partial charge in [0.15, 0.2) is 0 Å². The van der Waals surface area contributed by atoms with E-state index in [1.54, 1.807) is 24.3 Å². The maximum absolute atomic E-state index is 13.0. The molecule has 0 aliphatic heterocycles. The number of hydrogen-bond acceptors (Lipinski definition) is 4. The summed E-state index contributed by atoms with van der Waals surface area (Å²) in [6, 6.07) is 20.9. The van der Waals surface area contributed by atoms with Gasteiger partial charge in [0, 0.05) is 16.1 Å². The third-order valence-corrected chi connectivity index (χ3v) is 4.17. The Morgan fingerprint density at radius 3 is 2.41 bits per heavy atom. The molecule has 0 saturated carbocycles. The van der Waals surface area contributed by atoms with Crippen molar-refractivity contribution < 1.29 is 13.7 Å². The molecule has 0 radical (unpaired) electrons. The van der Waals surface area contributed by atoms with Crippen molar-refractivity contribution in [3.05, 3.63) is 89.2 Å². The highest BCUT2D eigenvalue weighted by Gasteiger charge is 2.11. The first-order chi connectivity index (χ1) is 13.2. The minimum atomic E-state index is -0.307. The third-order valence-electron chi connectivity index (χ3n) is 3.93. The summed E-state index contributed by atoms with van der Waals surface area (Å²) in [6.45, 7) is 0.422. The molecule has 4 rings (SSSR count). The minimum Gasteiger partial charge on any atom is -0.489 e. The summed E-state index contributed by atoms with van der Waals surface area (Å²) in [4.78, 5) is 4.37. The molecule has 0 spiro atoms. The van der Waals surface area contributed by atoms with Gasteiger partial charge in [-0.3, -0.25) is 0 Å². The molecule has 1 aromatic heterocycles. The Hall–Kier alpha value is -3.18. The third kappa shape index (κ3) is 4.15. The zero-order valence-electron chi connectivity index (χ0n) is 14.1. The van der Waals surface area contributed by atoms with Crippen molar-refractivity contribution in [1.29, 1.82) is 0 Å². The number of aromatic nitrogens is 2. The molecule has 0 atom stereocenters. The van der Waals surface area contributed by atoms with Gasteiger partial charge in [0.05, 0.1) is 0 Å². The summed E-state index contributed by atoms with van der Waals surface area (Å²) < 4.78 is 24.1. The maximum Gasteiger partial charge on any atom is 0.258 e. The largest absolute Gasteiger partial charge is 0.489 e. The highest BCUT2D eigenvalue weighted by atomic mass is 35.5. The Morgan fingerprint density at radius 1 is 0.926 bits per heavy atom. The molecule has 134 valence electrons. The fourth-order valence-electron chi connectivity index (χ4n) is 2.52. The van der Waals surface area contributed by atoms with E-state index in [-0.39, 0.29) is 5.82 Å². The number of nitrogens with zero attached hydrogens (tertiary/aromatic N) is 2. The Labute approximate surface area is 160 Å². The van der Waals surface area contributed by atoms with E-state index in [0.717, 1.165) is 11.1 Å². The van der Waals surface area contributed by atoms with Crippen LogP contribution in [-0.2, 0) is 6.61 Å². The summed E-state index contributed by atoms with van der Waals surface area (Å²) in [5.41, 5.74) is 2.48. The first-order valence-electron chi connectivity index (χ1n) is 8.25. The van der Waals surface area contributed by atoms with Gasteiger partial charge in [-0.1, -0.05) is 35.0 Å². The first kappa shape index (κ1) is 17.2. The molecule has 1 heterocycles. The second-order valence-corrected chi connectivity index (χ2v) is 6.31. The molecule has 4 nitrogen and oxygen atoms in total. The van der Waals surface area contributed by atoms with Gasteiger partial charge in [0.25, 0.3) is 5.89 Å². The normalized spacial score (nSPS) is 10.7. The van der Waals surface area contributed by atoms with Crippen LogP contribution >= 0.6 is 11.6 Å². The van der Waals surface area contributed by atoms with E-state index >= 15 is 0 Å². The summed E-state index contributed by atoms with van der Waals surface area (Å²) in [6.07, 6.45) is 0. The van der Waals surface area contributed by atoms with Gasteiger partial charge in [-0.05, 0) is 60.2 Å². The standard InChI is InChI=1S/C21H14ClFN2O2/c22-17-2-1-3-19(12-17)26-13-14-4-6-16(7-5-14)21-24-20(25-27-21)15-8-10-18(23)11-9-15/h1-12H,13H2. The number of halogens is 2. The molecule has 0 fully saturated rings. The van der Waals surface area contributed by atoms with Gasteiger partial charge >= 0.3 is 0 Å². The predicted molar refractivity (Wildman–Crippen MR) is 101 cm³/mol. The molecular weight excluding hydrogens is 367 g/mol. The van der Waals surface area contributed by atoms with Crippen LogP contribution in [0.3, 0.4) is 0 Å². The molecule has 0 N–H and O–H groups in total. The lowest BCUT2D eigenvalue weighted by Gasteiger charge is -2.06. The van der Waals surface area contributed by atoms with Crippen molar-refractivity contribution in [1.82, 2.24) is 10.1 Å². The van der Waals surface area contributed by atoms with Crippen LogP contribution in [0.25, 0.3) is 22.8 Å². The summed E-state index contributed by atoms with van der Waals surface area (Å²) in [5, 5.41) is 4.59. The number of rotatable bonds is 5. The van der Waals surface area contributed by atoms with E-state index in [1.165, 1.54) is 12.1 Å². The molecule has 3 aromatic carbocycles. The summed E-state index contributed by atoms with van der Waals surface area (Å²) in [7, 11) is 0. The number of benzene rings is 3. The van der Waals surface area contributed by atoms with Crippen molar-refractivity contribution in [3.8, 4) is 28.6 Å². The van der Waals surface area contributed by atoms with E-state index in [4.69, 9.17) is 20.9 Å². The van der Waals surface area contributed by atoms with Crippen molar-refractivity contribution in [2.75, 3.05) is 0 Å². The molecule has 0 aliphatic rings. The Balaban J connectivity index is 1.45. The van der Waals surface area contributed by atoms with Gasteiger partial charge in [-0.25, -0.2) is 4.39 Å². The van der Waals surface area contributed by atoms with Crippen molar-refractivity contribution in [3.63, 3.8) is 0 Å². The highest BCUT2D eigenvalue weighted by Crippen LogP contribution is 2.23. The van der Waals surface area contributed by atoms with Crippen LogP contribution in [0.5, 0.6) is 5.75 Å². The smallest absolute Gasteiger partial charge is 0.258 e. The second kappa shape index (κ2) is 7.60.